The number of piperazine rings is 1. The van der Waals surface area contributed by atoms with Crippen molar-refractivity contribution in [2.45, 2.75) is 25.7 Å². The van der Waals surface area contributed by atoms with Crippen LogP contribution in [0.15, 0.2) is 33.6 Å². The molecule has 11 heteroatoms. The molecule has 2 heterocycles. The molecule has 1 N–H and O–H groups in total. The second kappa shape index (κ2) is 9.88. The summed E-state index contributed by atoms with van der Waals surface area (Å²) in [6, 6.07) is 7.45. The number of hydrogen-bond acceptors (Lipinski definition) is 7. The molecule has 3 rings (SSSR count). The molecule has 0 radical (unpaired) electrons. The van der Waals surface area contributed by atoms with E-state index in [2.05, 4.69) is 5.32 Å². The molecule has 1 aliphatic heterocycles. The Balaban J connectivity index is 1.67. The minimum absolute atomic E-state index is 0.0554. The lowest BCUT2D eigenvalue weighted by atomic mass is 10.2. The SMILES string of the molecule is CCOc1ccc(NC(=S)N2CCN(S(=O)(=O)c3c(C)oc(C)c3C(=O)OC)CC2)cc1. The molecule has 174 valence electrons. The number of carbonyl (C=O) groups excluding carboxylic acids is 1. The van der Waals surface area contributed by atoms with Crippen molar-refractivity contribution in [1.82, 2.24) is 9.21 Å². The number of hydrogen-bond donors (Lipinski definition) is 1. The molecule has 9 nitrogen and oxygen atoms in total. The first kappa shape index (κ1) is 24.0. The Morgan fingerprint density at radius 1 is 1.12 bits per heavy atom. The molecular weight excluding hydrogens is 454 g/mol. The van der Waals surface area contributed by atoms with Gasteiger partial charge in [-0.15, -0.1) is 0 Å². The van der Waals surface area contributed by atoms with Crippen LogP contribution >= 0.6 is 12.2 Å². The fourth-order valence-electron chi connectivity index (χ4n) is 3.58. The molecule has 0 bridgehead atoms. The topological polar surface area (TPSA) is 101 Å². The summed E-state index contributed by atoms with van der Waals surface area (Å²) < 4.78 is 43.6. The van der Waals surface area contributed by atoms with Crippen molar-refractivity contribution in [2.75, 3.05) is 45.2 Å². The van der Waals surface area contributed by atoms with E-state index in [1.54, 1.807) is 6.92 Å². The van der Waals surface area contributed by atoms with E-state index < -0.39 is 16.0 Å². The monoisotopic (exact) mass is 481 g/mol. The zero-order valence-electron chi connectivity index (χ0n) is 18.5. The highest BCUT2D eigenvalue weighted by atomic mass is 32.2. The summed E-state index contributed by atoms with van der Waals surface area (Å²) in [5.74, 6) is 0.418. The maximum atomic E-state index is 13.3. The van der Waals surface area contributed by atoms with Gasteiger partial charge >= 0.3 is 5.97 Å². The molecule has 0 aliphatic carbocycles. The number of benzene rings is 1. The zero-order chi connectivity index (χ0) is 23.5. The fourth-order valence-corrected chi connectivity index (χ4v) is 5.67. The van der Waals surface area contributed by atoms with E-state index in [1.165, 1.54) is 18.3 Å². The minimum atomic E-state index is -3.94. The molecule has 1 fully saturated rings. The van der Waals surface area contributed by atoms with Gasteiger partial charge in [0.2, 0.25) is 10.0 Å². The second-order valence-corrected chi connectivity index (χ2v) is 9.45. The summed E-state index contributed by atoms with van der Waals surface area (Å²) in [5, 5.41) is 3.68. The first-order chi connectivity index (χ1) is 15.2. The van der Waals surface area contributed by atoms with Crippen molar-refractivity contribution < 1.29 is 27.1 Å². The van der Waals surface area contributed by atoms with Crippen molar-refractivity contribution in [2.24, 2.45) is 0 Å². The predicted molar refractivity (Wildman–Crippen MR) is 124 cm³/mol. The number of anilines is 1. The predicted octanol–water partition coefficient (Wildman–Crippen LogP) is 2.79. The van der Waals surface area contributed by atoms with Crippen LogP contribution in [0.3, 0.4) is 0 Å². The fraction of sp³-hybridized carbons (Fsp3) is 0.429. The first-order valence-corrected chi connectivity index (χ1v) is 12.0. The number of nitrogens with one attached hydrogen (secondary N) is 1. The Bertz CT molecular complexity index is 1090. The van der Waals surface area contributed by atoms with Gasteiger partial charge in [0, 0.05) is 31.9 Å². The van der Waals surface area contributed by atoms with Crippen LogP contribution < -0.4 is 10.1 Å². The molecule has 1 aliphatic rings. The van der Waals surface area contributed by atoms with Crippen molar-refractivity contribution >= 4 is 39.0 Å². The molecule has 0 spiro atoms. The van der Waals surface area contributed by atoms with Gasteiger partial charge in [-0.25, -0.2) is 13.2 Å². The number of furan rings is 1. The van der Waals surface area contributed by atoms with Gasteiger partial charge in [-0.05, 0) is 57.3 Å². The quantitative estimate of drug-likeness (QED) is 0.493. The van der Waals surface area contributed by atoms with Gasteiger partial charge in [0.25, 0.3) is 0 Å². The van der Waals surface area contributed by atoms with E-state index in [0.717, 1.165) is 11.4 Å². The van der Waals surface area contributed by atoms with Crippen LogP contribution in [0, 0.1) is 13.8 Å². The summed E-state index contributed by atoms with van der Waals surface area (Å²) in [4.78, 5) is 13.9. The average molecular weight is 482 g/mol. The van der Waals surface area contributed by atoms with E-state index >= 15 is 0 Å². The normalized spacial score (nSPS) is 14.8. The Kier molecular flexibility index (Phi) is 7.42. The largest absolute Gasteiger partial charge is 0.494 e. The molecule has 0 unspecified atom stereocenters. The number of rotatable bonds is 6. The van der Waals surface area contributed by atoms with Gasteiger partial charge in [0.1, 0.15) is 27.7 Å². The number of methoxy groups -OCH3 is 1. The maximum Gasteiger partial charge on any atom is 0.342 e. The average Bonchev–Trinajstić information content (AvgIpc) is 3.09. The van der Waals surface area contributed by atoms with Crippen LogP contribution in [0.1, 0.15) is 28.8 Å². The highest BCUT2D eigenvalue weighted by Crippen LogP contribution is 2.30. The summed E-state index contributed by atoms with van der Waals surface area (Å²) in [6.45, 7) is 6.84. The molecule has 0 saturated carbocycles. The van der Waals surface area contributed by atoms with Crippen molar-refractivity contribution in [3.05, 3.63) is 41.3 Å². The van der Waals surface area contributed by atoms with Gasteiger partial charge in [0.15, 0.2) is 5.11 Å². The van der Waals surface area contributed by atoms with Gasteiger partial charge in [-0.1, -0.05) is 0 Å². The number of esters is 1. The van der Waals surface area contributed by atoms with Crippen molar-refractivity contribution in [1.29, 1.82) is 0 Å². The molecular formula is C21H27N3O6S2. The third-order valence-corrected chi connectivity index (χ3v) is 7.55. The van der Waals surface area contributed by atoms with E-state index in [4.69, 9.17) is 26.1 Å². The number of ether oxygens (including phenoxy) is 2. The van der Waals surface area contributed by atoms with Crippen molar-refractivity contribution in [3.8, 4) is 5.75 Å². The molecule has 32 heavy (non-hydrogen) atoms. The lowest BCUT2D eigenvalue weighted by Crippen LogP contribution is -2.51. The smallest absolute Gasteiger partial charge is 0.342 e. The summed E-state index contributed by atoms with van der Waals surface area (Å²) >= 11 is 5.50. The van der Waals surface area contributed by atoms with E-state index in [-0.39, 0.29) is 35.1 Å². The number of thiocarbonyl (C=S) groups is 1. The molecule has 0 atom stereocenters. The summed E-state index contributed by atoms with van der Waals surface area (Å²) in [5.41, 5.74) is 0.765. The summed E-state index contributed by atoms with van der Waals surface area (Å²) in [7, 11) is -2.74. The maximum absolute atomic E-state index is 13.3. The van der Waals surface area contributed by atoms with Crippen LogP contribution in [0.2, 0.25) is 0 Å². The number of aryl methyl sites for hydroxylation is 2. The van der Waals surface area contributed by atoms with Crippen molar-refractivity contribution in [3.63, 3.8) is 0 Å². The number of carbonyl (C=O) groups is 1. The number of nitrogens with zero attached hydrogens (tertiary/aromatic N) is 2. The molecule has 1 saturated heterocycles. The van der Waals surface area contributed by atoms with Gasteiger partial charge in [0.05, 0.1) is 13.7 Å². The highest BCUT2D eigenvalue weighted by molar-refractivity contribution is 7.89. The van der Waals surface area contributed by atoms with Crippen LogP contribution in [0.5, 0.6) is 5.75 Å². The molecule has 0 amide bonds. The van der Waals surface area contributed by atoms with E-state index in [1.807, 2.05) is 36.1 Å². The van der Waals surface area contributed by atoms with Gasteiger partial charge in [-0.2, -0.15) is 4.31 Å². The lowest BCUT2D eigenvalue weighted by Gasteiger charge is -2.35. The second-order valence-electron chi connectivity index (χ2n) is 7.19. The van der Waals surface area contributed by atoms with Gasteiger partial charge < -0.3 is 24.1 Å². The first-order valence-electron chi connectivity index (χ1n) is 10.2. The highest BCUT2D eigenvalue weighted by Gasteiger charge is 2.37. The van der Waals surface area contributed by atoms with Crippen LogP contribution in [0.4, 0.5) is 5.69 Å². The van der Waals surface area contributed by atoms with E-state index in [9.17, 15) is 13.2 Å². The third kappa shape index (κ3) is 4.89. The van der Waals surface area contributed by atoms with E-state index in [0.29, 0.717) is 24.8 Å². The lowest BCUT2D eigenvalue weighted by molar-refractivity contribution is 0.0594. The Labute approximate surface area is 193 Å². The summed E-state index contributed by atoms with van der Waals surface area (Å²) in [6.07, 6.45) is 0. The third-order valence-electron chi connectivity index (χ3n) is 5.13. The van der Waals surface area contributed by atoms with Gasteiger partial charge in [-0.3, -0.25) is 0 Å². The number of sulfonamides is 1. The zero-order valence-corrected chi connectivity index (χ0v) is 20.1. The Morgan fingerprint density at radius 3 is 2.31 bits per heavy atom. The van der Waals surface area contributed by atoms with Crippen LogP contribution in [-0.4, -0.2) is 68.6 Å². The van der Waals surface area contributed by atoms with Crippen LogP contribution in [-0.2, 0) is 14.8 Å². The standard InChI is InChI=1S/C21H27N3O6S2/c1-5-29-17-8-6-16(7-9-17)22-21(31)23-10-12-24(13-11-23)32(26,27)19-15(3)30-14(2)18(19)20(25)28-4/h6-9H,5,10-13H2,1-4H3,(H,22,31). The van der Waals surface area contributed by atoms with Crippen LogP contribution in [0.25, 0.3) is 0 Å². The minimum Gasteiger partial charge on any atom is -0.494 e. The Hall–Kier alpha value is -2.63. The molecule has 2 aromatic rings. The Morgan fingerprint density at radius 2 is 1.75 bits per heavy atom. The molecule has 1 aromatic heterocycles. The molecule has 1 aromatic carbocycles.